The Morgan fingerprint density at radius 3 is 2.29 bits per heavy atom. The van der Waals surface area contributed by atoms with Crippen LogP contribution < -0.4 is 5.43 Å². The zero-order chi connectivity index (χ0) is 14.1. The quantitative estimate of drug-likeness (QED) is 0.716. The SMILES string of the molecule is c1ccc2c(c1)C(Nn1cnnc1)=N/C2=N/n1cnnc1. The van der Waals surface area contributed by atoms with E-state index in [2.05, 4.69) is 35.9 Å². The molecule has 0 unspecified atom stereocenters. The fraction of sp³-hybridized carbons (Fsp3) is 0. The molecule has 0 saturated carbocycles. The van der Waals surface area contributed by atoms with E-state index in [1.54, 1.807) is 17.3 Å². The van der Waals surface area contributed by atoms with Crippen LogP contribution in [0.25, 0.3) is 0 Å². The van der Waals surface area contributed by atoms with Crippen molar-refractivity contribution in [1.29, 1.82) is 0 Å². The average molecular weight is 279 g/mol. The molecule has 1 N–H and O–H groups in total. The molecule has 9 heteroatoms. The van der Waals surface area contributed by atoms with Crippen molar-refractivity contribution in [3.63, 3.8) is 0 Å². The van der Waals surface area contributed by atoms with Gasteiger partial charge in [0.15, 0.2) is 11.7 Å². The minimum atomic E-state index is 0.584. The standard InChI is InChI=1S/C12H9N9/c1-2-4-10-9(3-1)11(18-20-5-13-14-6-20)17-12(10)19-21-7-15-16-8-21/h1-8H,(H,17,18,19). The highest BCUT2D eigenvalue weighted by molar-refractivity contribution is 6.24. The Kier molecular flexibility index (Phi) is 2.53. The molecule has 9 nitrogen and oxygen atoms in total. The highest BCUT2D eigenvalue weighted by Crippen LogP contribution is 2.19. The van der Waals surface area contributed by atoms with E-state index in [1.807, 2.05) is 24.3 Å². The van der Waals surface area contributed by atoms with Gasteiger partial charge >= 0.3 is 0 Å². The molecule has 4 rings (SSSR count). The first-order chi connectivity index (χ1) is 10.4. The van der Waals surface area contributed by atoms with Crippen molar-refractivity contribution in [1.82, 2.24) is 29.7 Å². The summed E-state index contributed by atoms with van der Waals surface area (Å²) in [7, 11) is 0. The lowest BCUT2D eigenvalue weighted by Gasteiger charge is -2.05. The molecular formula is C12H9N9. The van der Waals surface area contributed by atoms with Gasteiger partial charge in [-0.1, -0.05) is 24.3 Å². The maximum Gasteiger partial charge on any atom is 0.182 e. The molecule has 1 aliphatic heterocycles. The van der Waals surface area contributed by atoms with Crippen LogP contribution in [0, 0.1) is 0 Å². The predicted molar refractivity (Wildman–Crippen MR) is 74.3 cm³/mol. The first kappa shape index (κ1) is 11.5. The number of hydrogen-bond donors (Lipinski definition) is 1. The van der Waals surface area contributed by atoms with Gasteiger partial charge in [0.2, 0.25) is 0 Å². The first-order valence-electron chi connectivity index (χ1n) is 6.14. The highest BCUT2D eigenvalue weighted by atomic mass is 15.5. The molecule has 3 heterocycles. The minimum Gasteiger partial charge on any atom is -0.274 e. The second-order valence-electron chi connectivity index (χ2n) is 4.25. The van der Waals surface area contributed by atoms with Crippen LogP contribution >= 0.6 is 0 Å². The number of fused-ring (bicyclic) bond motifs is 1. The van der Waals surface area contributed by atoms with Gasteiger partial charge in [-0.25, -0.2) is 14.3 Å². The molecule has 2 aromatic heterocycles. The number of hydrogen-bond acceptors (Lipinski definition) is 6. The fourth-order valence-electron chi connectivity index (χ4n) is 2.01. The second kappa shape index (κ2) is 4.63. The van der Waals surface area contributed by atoms with Crippen molar-refractivity contribution in [3.8, 4) is 0 Å². The maximum atomic E-state index is 4.51. The topological polar surface area (TPSA) is 98.2 Å². The molecule has 3 aromatic rings. The van der Waals surface area contributed by atoms with Crippen LogP contribution in [0.3, 0.4) is 0 Å². The van der Waals surface area contributed by atoms with Gasteiger partial charge in [0.25, 0.3) is 0 Å². The molecule has 0 spiro atoms. The van der Waals surface area contributed by atoms with E-state index in [1.165, 1.54) is 17.3 Å². The van der Waals surface area contributed by atoms with Gasteiger partial charge in [-0.15, -0.1) is 25.5 Å². The first-order valence-corrected chi connectivity index (χ1v) is 6.14. The van der Waals surface area contributed by atoms with Crippen molar-refractivity contribution in [2.75, 3.05) is 5.43 Å². The summed E-state index contributed by atoms with van der Waals surface area (Å²) >= 11 is 0. The van der Waals surface area contributed by atoms with Crippen LogP contribution in [0.2, 0.25) is 0 Å². The van der Waals surface area contributed by atoms with Gasteiger partial charge in [0.1, 0.15) is 25.3 Å². The van der Waals surface area contributed by atoms with Crippen molar-refractivity contribution in [2.24, 2.45) is 10.1 Å². The summed E-state index contributed by atoms with van der Waals surface area (Å²) in [4.78, 5) is 4.51. The third-order valence-corrected chi connectivity index (χ3v) is 2.91. The summed E-state index contributed by atoms with van der Waals surface area (Å²) in [6, 6.07) is 7.82. The minimum absolute atomic E-state index is 0.584. The van der Waals surface area contributed by atoms with Crippen LogP contribution in [0.1, 0.15) is 11.1 Å². The molecular weight excluding hydrogens is 270 g/mol. The smallest absolute Gasteiger partial charge is 0.182 e. The van der Waals surface area contributed by atoms with E-state index in [0.717, 1.165) is 11.1 Å². The number of aromatic nitrogens is 6. The molecule has 0 radical (unpaired) electrons. The number of aliphatic imine (C=N–C) groups is 1. The predicted octanol–water partition coefficient (Wildman–Crippen LogP) is 0.0834. The lowest BCUT2D eigenvalue weighted by molar-refractivity contribution is 0.870. The molecule has 0 aliphatic carbocycles. The fourth-order valence-corrected chi connectivity index (χ4v) is 2.01. The monoisotopic (exact) mass is 279 g/mol. The Hall–Kier alpha value is -3.36. The number of nitrogens with zero attached hydrogens (tertiary/aromatic N) is 8. The number of benzene rings is 1. The maximum absolute atomic E-state index is 4.51. The van der Waals surface area contributed by atoms with E-state index in [0.29, 0.717) is 11.7 Å². The molecule has 0 atom stereocenters. The summed E-state index contributed by atoms with van der Waals surface area (Å²) in [6.45, 7) is 0. The van der Waals surface area contributed by atoms with E-state index >= 15 is 0 Å². The van der Waals surface area contributed by atoms with Crippen molar-refractivity contribution in [2.45, 2.75) is 0 Å². The van der Waals surface area contributed by atoms with Crippen molar-refractivity contribution in [3.05, 3.63) is 60.7 Å². The van der Waals surface area contributed by atoms with E-state index in [4.69, 9.17) is 0 Å². The van der Waals surface area contributed by atoms with Crippen LogP contribution in [0.4, 0.5) is 0 Å². The summed E-state index contributed by atoms with van der Waals surface area (Å²) < 4.78 is 3.13. The normalized spacial score (nSPS) is 15.0. The van der Waals surface area contributed by atoms with Crippen LogP contribution in [-0.2, 0) is 0 Å². The van der Waals surface area contributed by atoms with Crippen LogP contribution in [0.15, 0.2) is 59.7 Å². The van der Waals surface area contributed by atoms with E-state index < -0.39 is 0 Å². The van der Waals surface area contributed by atoms with Crippen molar-refractivity contribution < 1.29 is 0 Å². The van der Waals surface area contributed by atoms with Crippen LogP contribution in [0.5, 0.6) is 0 Å². The largest absolute Gasteiger partial charge is 0.274 e. The highest BCUT2D eigenvalue weighted by Gasteiger charge is 2.21. The Bertz CT molecular complexity index is 814. The average Bonchev–Trinajstić information content (AvgIpc) is 3.23. The Labute approximate surface area is 118 Å². The Morgan fingerprint density at radius 2 is 1.52 bits per heavy atom. The molecule has 0 fully saturated rings. The Morgan fingerprint density at radius 1 is 0.857 bits per heavy atom. The second-order valence-corrected chi connectivity index (χ2v) is 4.25. The summed E-state index contributed by atoms with van der Waals surface area (Å²) in [6.07, 6.45) is 6.13. The molecule has 0 amide bonds. The Balaban J connectivity index is 1.77. The molecule has 0 saturated heterocycles. The van der Waals surface area contributed by atoms with Gasteiger partial charge in [-0.05, 0) is 0 Å². The number of nitrogens with one attached hydrogen (secondary N) is 1. The molecule has 102 valence electrons. The summed E-state index contributed by atoms with van der Waals surface area (Å²) in [5.41, 5.74) is 5.00. The summed E-state index contributed by atoms with van der Waals surface area (Å²) in [5.74, 6) is 1.26. The lowest BCUT2D eigenvalue weighted by atomic mass is 10.1. The van der Waals surface area contributed by atoms with E-state index in [9.17, 15) is 0 Å². The third-order valence-electron chi connectivity index (χ3n) is 2.91. The summed E-state index contributed by atoms with van der Waals surface area (Å²) in [5, 5.41) is 19.3. The molecule has 1 aliphatic rings. The zero-order valence-electron chi connectivity index (χ0n) is 10.7. The van der Waals surface area contributed by atoms with Gasteiger partial charge in [0, 0.05) is 11.1 Å². The lowest BCUT2D eigenvalue weighted by Crippen LogP contribution is -2.21. The number of amidine groups is 2. The molecule has 1 aromatic carbocycles. The molecule has 0 bridgehead atoms. The number of rotatable bonds is 2. The molecule has 21 heavy (non-hydrogen) atoms. The van der Waals surface area contributed by atoms with Gasteiger partial charge in [0.05, 0.1) is 0 Å². The van der Waals surface area contributed by atoms with Crippen molar-refractivity contribution >= 4 is 11.7 Å². The van der Waals surface area contributed by atoms with Gasteiger partial charge in [-0.2, -0.15) is 0 Å². The van der Waals surface area contributed by atoms with Crippen LogP contribution in [-0.4, -0.2) is 41.4 Å². The van der Waals surface area contributed by atoms with Gasteiger partial charge in [-0.3, -0.25) is 5.43 Å². The van der Waals surface area contributed by atoms with Gasteiger partial charge < -0.3 is 0 Å². The van der Waals surface area contributed by atoms with E-state index in [-0.39, 0.29) is 0 Å². The zero-order valence-corrected chi connectivity index (χ0v) is 10.7. The third kappa shape index (κ3) is 2.06.